The maximum absolute atomic E-state index is 13.5. The summed E-state index contributed by atoms with van der Waals surface area (Å²) in [4.78, 5) is 65.1. The van der Waals surface area contributed by atoms with Crippen LogP contribution in [0, 0.1) is 17.8 Å². The first-order chi connectivity index (χ1) is 21.6. The van der Waals surface area contributed by atoms with Crippen molar-refractivity contribution in [2.75, 3.05) is 6.54 Å². The zero-order valence-corrected chi connectivity index (χ0v) is 28.8. The first kappa shape index (κ1) is 43.3. The number of aliphatic hydroxyl groups is 1. The highest BCUT2D eigenvalue weighted by Crippen LogP contribution is 2.15. The second kappa shape index (κ2) is 22.0. The van der Waals surface area contributed by atoms with Crippen molar-refractivity contribution in [3.05, 3.63) is 29.8 Å². The number of rotatable bonds is 20. The van der Waals surface area contributed by atoms with Crippen LogP contribution in [0.4, 0.5) is 0 Å². The molecule has 47 heavy (non-hydrogen) atoms. The van der Waals surface area contributed by atoms with Gasteiger partial charge in [-0.15, -0.1) is 0 Å². The van der Waals surface area contributed by atoms with Crippen molar-refractivity contribution in [2.45, 2.75) is 132 Å². The molecule has 0 saturated heterocycles. The number of aromatic hydroxyl groups is 1. The molecule has 12 heteroatoms. The molecule has 0 aromatic heterocycles. The molecule has 1 aromatic rings. The molecule has 268 valence electrons. The van der Waals surface area contributed by atoms with Crippen LogP contribution in [-0.2, 0) is 30.4 Å². The van der Waals surface area contributed by atoms with Gasteiger partial charge in [0.2, 0.25) is 29.5 Å². The lowest BCUT2D eigenvalue weighted by molar-refractivity contribution is -0.134. The summed E-state index contributed by atoms with van der Waals surface area (Å²) in [6, 6.07) is 2.87. The van der Waals surface area contributed by atoms with Crippen LogP contribution in [0.3, 0.4) is 0 Å². The summed E-state index contributed by atoms with van der Waals surface area (Å²) in [5, 5.41) is 34.4. The third kappa shape index (κ3) is 15.6. The molecular weight excluding hydrogens is 602 g/mol. The normalized spacial score (nSPS) is 14.9. The Balaban J connectivity index is 0.0000212. The minimum absolute atomic E-state index is 0. The summed E-state index contributed by atoms with van der Waals surface area (Å²) >= 11 is 0. The zero-order chi connectivity index (χ0) is 35.0. The highest BCUT2D eigenvalue weighted by atomic mass is 16.3. The second-order valence-electron chi connectivity index (χ2n) is 12.8. The number of carbonyl (C=O) groups is 5. The summed E-state index contributed by atoms with van der Waals surface area (Å²) in [5.74, 6) is -2.42. The summed E-state index contributed by atoms with van der Waals surface area (Å²) in [5.41, 5.74) is 0.675. The highest BCUT2D eigenvalue weighted by molar-refractivity contribution is 5.93. The van der Waals surface area contributed by atoms with E-state index >= 15 is 0 Å². The molecule has 0 fully saturated rings. The number of likely N-dealkylation sites (N-methyl/N-ethyl adjacent to an activating group) is 1. The summed E-state index contributed by atoms with van der Waals surface area (Å²) in [6.07, 6.45) is 0.329. The Labute approximate surface area is 281 Å². The summed E-state index contributed by atoms with van der Waals surface area (Å²) in [6.45, 7) is 15.3. The van der Waals surface area contributed by atoms with E-state index < -0.39 is 48.0 Å². The average molecular weight is 664 g/mol. The number of benzene rings is 1. The van der Waals surface area contributed by atoms with Crippen LogP contribution in [0.2, 0.25) is 0 Å². The standard InChI is InChI=1S/C34H57N5O7.CH4/c1-9-12-25(36-34(46)31(22(8)10-2)39-28(42)18-23-13-15-24(40)16-14-23)32(44)37-26(17-20(4)5)27(41)19-29(43)38-30(21(6)7)33(45)35-11-3;/h13-16,20-22,25-27,30-31,40-41H,9-12,17-19H2,1-8H3,(H,35,45)(H,36,46)(H,37,44)(H,38,43)(H,39,42);1H4/t22-,25-,26-,27-,30-,31-;/m0./s1. The highest BCUT2D eigenvalue weighted by Gasteiger charge is 2.33. The lowest BCUT2D eigenvalue weighted by Crippen LogP contribution is -2.58. The molecule has 7 N–H and O–H groups in total. The molecular formula is C35H61N5O7. The van der Waals surface area contributed by atoms with Gasteiger partial charge >= 0.3 is 0 Å². The fourth-order valence-corrected chi connectivity index (χ4v) is 5.03. The molecule has 0 heterocycles. The van der Waals surface area contributed by atoms with Crippen LogP contribution in [-0.4, -0.2) is 76.6 Å². The van der Waals surface area contributed by atoms with E-state index in [-0.39, 0.29) is 55.6 Å². The largest absolute Gasteiger partial charge is 0.508 e. The fraction of sp³-hybridized carbons (Fsp3) is 0.686. The van der Waals surface area contributed by atoms with E-state index in [1.165, 1.54) is 12.1 Å². The van der Waals surface area contributed by atoms with Crippen LogP contribution < -0.4 is 26.6 Å². The zero-order valence-electron chi connectivity index (χ0n) is 28.8. The molecule has 0 aliphatic rings. The predicted molar refractivity (Wildman–Crippen MR) is 184 cm³/mol. The van der Waals surface area contributed by atoms with Gasteiger partial charge in [-0.05, 0) is 55.2 Å². The Morgan fingerprint density at radius 1 is 0.766 bits per heavy atom. The molecule has 0 bridgehead atoms. The number of hydrogen-bond donors (Lipinski definition) is 7. The van der Waals surface area contributed by atoms with Gasteiger partial charge in [-0.3, -0.25) is 24.0 Å². The maximum Gasteiger partial charge on any atom is 0.243 e. The average Bonchev–Trinajstić information content (AvgIpc) is 2.98. The fourth-order valence-electron chi connectivity index (χ4n) is 5.03. The summed E-state index contributed by atoms with van der Waals surface area (Å²) in [7, 11) is 0. The van der Waals surface area contributed by atoms with Crippen LogP contribution >= 0.6 is 0 Å². The molecule has 5 amide bonds. The monoisotopic (exact) mass is 663 g/mol. The van der Waals surface area contributed by atoms with E-state index in [1.807, 2.05) is 48.5 Å². The molecule has 0 saturated carbocycles. The molecule has 1 aromatic carbocycles. The van der Waals surface area contributed by atoms with Gasteiger partial charge in [-0.1, -0.05) is 80.9 Å². The van der Waals surface area contributed by atoms with Crippen LogP contribution in [0.25, 0.3) is 0 Å². The minimum Gasteiger partial charge on any atom is -0.508 e. The van der Waals surface area contributed by atoms with Gasteiger partial charge in [-0.2, -0.15) is 0 Å². The Hall–Kier alpha value is -3.67. The number of hydrogen-bond acceptors (Lipinski definition) is 7. The van der Waals surface area contributed by atoms with E-state index in [4.69, 9.17) is 0 Å². The number of nitrogens with one attached hydrogen (secondary N) is 5. The van der Waals surface area contributed by atoms with Gasteiger partial charge in [0.25, 0.3) is 0 Å². The van der Waals surface area contributed by atoms with Crippen molar-refractivity contribution in [3.63, 3.8) is 0 Å². The second-order valence-corrected chi connectivity index (χ2v) is 12.8. The van der Waals surface area contributed by atoms with E-state index in [0.29, 0.717) is 37.8 Å². The van der Waals surface area contributed by atoms with E-state index in [2.05, 4.69) is 26.6 Å². The molecule has 0 unspecified atom stereocenters. The van der Waals surface area contributed by atoms with Crippen molar-refractivity contribution < 1.29 is 34.2 Å². The van der Waals surface area contributed by atoms with Crippen LogP contribution in [0.5, 0.6) is 5.75 Å². The molecule has 0 spiro atoms. The molecule has 0 radical (unpaired) electrons. The Bertz CT molecular complexity index is 1130. The van der Waals surface area contributed by atoms with Crippen molar-refractivity contribution in [3.8, 4) is 5.75 Å². The minimum atomic E-state index is -1.24. The van der Waals surface area contributed by atoms with Gasteiger partial charge in [-0.25, -0.2) is 0 Å². The van der Waals surface area contributed by atoms with Gasteiger partial charge in [0, 0.05) is 6.54 Å². The number of phenolic OH excluding ortho intramolecular Hbond substituents is 1. The van der Waals surface area contributed by atoms with Crippen molar-refractivity contribution in [2.24, 2.45) is 17.8 Å². The molecule has 12 nitrogen and oxygen atoms in total. The molecule has 0 aliphatic heterocycles. The number of phenols is 1. The molecule has 0 aliphatic carbocycles. The van der Waals surface area contributed by atoms with Crippen molar-refractivity contribution in [1.82, 2.24) is 26.6 Å². The Kier molecular flexibility index (Phi) is 20.3. The third-order valence-corrected chi connectivity index (χ3v) is 7.85. The van der Waals surface area contributed by atoms with E-state index in [9.17, 15) is 34.2 Å². The van der Waals surface area contributed by atoms with Gasteiger partial charge in [0.05, 0.1) is 25.0 Å². The molecule has 6 atom stereocenters. The third-order valence-electron chi connectivity index (χ3n) is 7.85. The predicted octanol–water partition coefficient (Wildman–Crippen LogP) is 2.95. The van der Waals surface area contributed by atoms with E-state index in [0.717, 1.165) is 0 Å². The Morgan fingerprint density at radius 2 is 1.36 bits per heavy atom. The maximum atomic E-state index is 13.5. The van der Waals surface area contributed by atoms with Gasteiger partial charge in [0.15, 0.2) is 0 Å². The van der Waals surface area contributed by atoms with Gasteiger partial charge in [0.1, 0.15) is 23.9 Å². The van der Waals surface area contributed by atoms with Crippen LogP contribution in [0.1, 0.15) is 100 Å². The molecule has 1 rings (SSSR count). The van der Waals surface area contributed by atoms with E-state index in [1.54, 1.807) is 19.1 Å². The number of carbonyl (C=O) groups excluding carboxylic acids is 5. The first-order valence-corrected chi connectivity index (χ1v) is 16.6. The number of aliphatic hydroxyl groups excluding tert-OH is 1. The first-order valence-electron chi connectivity index (χ1n) is 16.6. The quantitative estimate of drug-likeness (QED) is 0.112. The topological polar surface area (TPSA) is 186 Å². The van der Waals surface area contributed by atoms with Crippen molar-refractivity contribution in [1.29, 1.82) is 0 Å². The lowest BCUT2D eigenvalue weighted by Gasteiger charge is -2.30. The smallest absolute Gasteiger partial charge is 0.243 e. The lowest BCUT2D eigenvalue weighted by atomic mass is 9.95. The Morgan fingerprint density at radius 3 is 1.87 bits per heavy atom. The summed E-state index contributed by atoms with van der Waals surface area (Å²) < 4.78 is 0. The van der Waals surface area contributed by atoms with Crippen LogP contribution in [0.15, 0.2) is 24.3 Å². The van der Waals surface area contributed by atoms with Gasteiger partial charge < -0.3 is 36.8 Å². The number of amides is 5. The SMILES string of the molecule is C.CCC[C@H](NC(=O)[C@@H](NC(=O)Cc1ccc(O)cc1)[C@@H](C)CC)C(=O)N[C@@H](CC(C)C)[C@@H](O)CC(=O)N[C@H](C(=O)NCC)C(C)C. The van der Waals surface area contributed by atoms with Crippen molar-refractivity contribution >= 4 is 29.5 Å².